The van der Waals surface area contributed by atoms with Gasteiger partial charge in [0.15, 0.2) is 0 Å². The van der Waals surface area contributed by atoms with Crippen molar-refractivity contribution in [2.45, 2.75) is 0 Å². The average molecular weight is 403 g/mol. The molecule has 4 nitrogen and oxygen atoms in total. The number of nitrogen functional groups attached to an aromatic ring is 4. The van der Waals surface area contributed by atoms with Crippen LogP contribution >= 0.6 is 22.7 Å². The summed E-state index contributed by atoms with van der Waals surface area (Å²) in [7, 11) is 0. The Balaban J connectivity index is 1.82. The zero-order valence-corrected chi connectivity index (χ0v) is 16.5. The van der Waals surface area contributed by atoms with Crippen LogP contribution in [0.1, 0.15) is 0 Å². The molecule has 0 aliphatic rings. The zero-order chi connectivity index (χ0) is 19.4. The van der Waals surface area contributed by atoms with Crippen LogP contribution in [0.25, 0.3) is 42.4 Å². The molecule has 8 N–H and O–H groups in total. The molecule has 3 aromatic carbocycles. The fraction of sp³-hybridized carbons (Fsp3) is 0. The van der Waals surface area contributed by atoms with Crippen LogP contribution in [0, 0.1) is 0 Å². The number of nitrogens with two attached hydrogens (primary N) is 4. The van der Waals surface area contributed by atoms with E-state index in [0.29, 0.717) is 22.7 Å². The van der Waals surface area contributed by atoms with Crippen LogP contribution in [0.2, 0.25) is 0 Å². The summed E-state index contributed by atoms with van der Waals surface area (Å²) in [5, 5.41) is 8.67. The lowest BCUT2D eigenvalue weighted by atomic mass is 9.96. The Kier molecular flexibility index (Phi) is 3.72. The first-order valence-corrected chi connectivity index (χ1v) is 10.5. The van der Waals surface area contributed by atoms with Crippen LogP contribution in [0.3, 0.4) is 0 Å². The van der Waals surface area contributed by atoms with Gasteiger partial charge in [-0.1, -0.05) is 48.5 Å². The second-order valence-electron chi connectivity index (χ2n) is 6.71. The van der Waals surface area contributed by atoms with Crippen LogP contribution in [-0.2, 0) is 0 Å². The first-order chi connectivity index (χ1) is 13.6. The standard InChI is InChI=1S/C22H18N4S2/c23-17-15(21-13-7-3-1-5-11(13)9-27-21)18(24)20(26)16(19(17)25)22-14-8-4-2-6-12(14)10-28-22/h1-10H,23-26H2. The molecule has 0 bridgehead atoms. The molecule has 0 unspecified atom stereocenters. The molecule has 2 aromatic heterocycles. The molecule has 0 aliphatic heterocycles. The third-order valence-electron chi connectivity index (χ3n) is 5.13. The van der Waals surface area contributed by atoms with Gasteiger partial charge in [-0.3, -0.25) is 0 Å². The lowest BCUT2D eigenvalue weighted by molar-refractivity contribution is 1.63. The van der Waals surface area contributed by atoms with Crippen molar-refractivity contribution in [1.82, 2.24) is 0 Å². The van der Waals surface area contributed by atoms with Crippen molar-refractivity contribution in [3.05, 3.63) is 59.3 Å². The van der Waals surface area contributed by atoms with Gasteiger partial charge in [0, 0.05) is 31.7 Å². The molecule has 0 saturated heterocycles. The Bertz CT molecular complexity index is 1230. The van der Waals surface area contributed by atoms with E-state index < -0.39 is 0 Å². The molecule has 0 saturated carbocycles. The van der Waals surface area contributed by atoms with Crippen molar-refractivity contribution < 1.29 is 0 Å². The summed E-state index contributed by atoms with van der Waals surface area (Å²) in [5.74, 6) is 0. The molecule has 28 heavy (non-hydrogen) atoms. The third kappa shape index (κ3) is 2.28. The van der Waals surface area contributed by atoms with Gasteiger partial charge in [0.25, 0.3) is 0 Å². The molecule has 0 spiro atoms. The second kappa shape index (κ2) is 6.15. The van der Waals surface area contributed by atoms with E-state index in [4.69, 9.17) is 22.9 Å². The lowest BCUT2D eigenvalue weighted by Gasteiger charge is -2.18. The maximum absolute atomic E-state index is 6.54. The van der Waals surface area contributed by atoms with Crippen molar-refractivity contribution >= 4 is 67.0 Å². The van der Waals surface area contributed by atoms with E-state index >= 15 is 0 Å². The maximum atomic E-state index is 6.54. The van der Waals surface area contributed by atoms with Gasteiger partial charge in [0.1, 0.15) is 0 Å². The zero-order valence-electron chi connectivity index (χ0n) is 14.9. The summed E-state index contributed by atoms with van der Waals surface area (Å²) in [5.41, 5.74) is 29.5. The molecule has 2 heterocycles. The highest BCUT2D eigenvalue weighted by atomic mass is 32.1. The predicted octanol–water partition coefficient (Wildman–Crippen LogP) is 5.78. The van der Waals surface area contributed by atoms with E-state index in [-0.39, 0.29) is 0 Å². The number of anilines is 4. The summed E-state index contributed by atoms with van der Waals surface area (Å²) >= 11 is 3.20. The highest BCUT2D eigenvalue weighted by Gasteiger charge is 2.23. The molecular weight excluding hydrogens is 384 g/mol. The van der Waals surface area contributed by atoms with Gasteiger partial charge >= 0.3 is 0 Å². The normalized spacial score (nSPS) is 11.4. The number of rotatable bonds is 2. The van der Waals surface area contributed by atoms with Gasteiger partial charge in [-0.2, -0.15) is 0 Å². The Hall–Kier alpha value is -3.22. The smallest absolute Gasteiger partial charge is 0.0665 e. The number of benzene rings is 3. The maximum Gasteiger partial charge on any atom is 0.0665 e. The summed E-state index contributed by atoms with van der Waals surface area (Å²) in [6, 6.07) is 16.3. The van der Waals surface area contributed by atoms with Crippen molar-refractivity contribution in [2.24, 2.45) is 0 Å². The fourth-order valence-electron chi connectivity index (χ4n) is 3.69. The van der Waals surface area contributed by atoms with Gasteiger partial charge in [-0.25, -0.2) is 0 Å². The van der Waals surface area contributed by atoms with E-state index in [9.17, 15) is 0 Å². The Morgan fingerprint density at radius 3 is 1.25 bits per heavy atom. The number of hydrogen-bond acceptors (Lipinski definition) is 6. The average Bonchev–Trinajstić information content (AvgIpc) is 3.32. The summed E-state index contributed by atoms with van der Waals surface area (Å²) in [6.07, 6.45) is 0. The molecule has 6 heteroatoms. The lowest BCUT2D eigenvalue weighted by Crippen LogP contribution is -2.07. The first-order valence-electron chi connectivity index (χ1n) is 8.77. The molecule has 0 fully saturated rings. The van der Waals surface area contributed by atoms with Gasteiger partial charge in [0.2, 0.25) is 0 Å². The Morgan fingerprint density at radius 2 is 0.857 bits per heavy atom. The highest BCUT2D eigenvalue weighted by molar-refractivity contribution is 7.16. The van der Waals surface area contributed by atoms with E-state index in [0.717, 1.165) is 42.4 Å². The van der Waals surface area contributed by atoms with Crippen molar-refractivity contribution in [3.63, 3.8) is 0 Å². The molecule has 138 valence electrons. The van der Waals surface area contributed by atoms with Crippen LogP contribution in [-0.4, -0.2) is 0 Å². The molecule has 5 aromatic rings. The Labute approximate surface area is 170 Å². The van der Waals surface area contributed by atoms with Crippen molar-refractivity contribution in [2.75, 3.05) is 22.9 Å². The van der Waals surface area contributed by atoms with Crippen LogP contribution in [0.15, 0.2) is 59.3 Å². The van der Waals surface area contributed by atoms with E-state index in [1.54, 1.807) is 22.7 Å². The number of thiophene rings is 2. The summed E-state index contributed by atoms with van der Waals surface area (Å²) < 4.78 is 0. The topological polar surface area (TPSA) is 104 Å². The second-order valence-corrected chi connectivity index (χ2v) is 8.47. The minimum absolute atomic E-state index is 0.479. The Morgan fingerprint density at radius 1 is 0.500 bits per heavy atom. The van der Waals surface area contributed by atoms with Crippen LogP contribution in [0.4, 0.5) is 22.7 Å². The molecule has 5 rings (SSSR count). The summed E-state index contributed by atoms with van der Waals surface area (Å²) in [6.45, 7) is 0. The van der Waals surface area contributed by atoms with Gasteiger partial charge in [-0.15, -0.1) is 22.7 Å². The minimum Gasteiger partial charge on any atom is -0.396 e. The number of hydrogen-bond donors (Lipinski definition) is 4. The minimum atomic E-state index is 0.479. The van der Waals surface area contributed by atoms with Crippen LogP contribution < -0.4 is 22.9 Å². The molecular formula is C22H18N4S2. The van der Waals surface area contributed by atoms with Gasteiger partial charge in [0.05, 0.1) is 22.7 Å². The first kappa shape index (κ1) is 16.9. The van der Waals surface area contributed by atoms with Crippen molar-refractivity contribution in [1.29, 1.82) is 0 Å². The van der Waals surface area contributed by atoms with E-state index in [2.05, 4.69) is 35.0 Å². The molecule has 0 atom stereocenters. The SMILES string of the molecule is Nc1c(N)c(-c2scc3ccccc23)c(N)c(N)c1-c1scc2ccccc12. The van der Waals surface area contributed by atoms with Crippen molar-refractivity contribution in [3.8, 4) is 20.9 Å². The largest absolute Gasteiger partial charge is 0.396 e. The fourth-order valence-corrected chi connectivity index (χ4v) is 5.89. The van der Waals surface area contributed by atoms with E-state index in [1.165, 1.54) is 0 Å². The molecule has 0 amide bonds. The predicted molar refractivity (Wildman–Crippen MR) is 126 cm³/mol. The monoisotopic (exact) mass is 402 g/mol. The third-order valence-corrected chi connectivity index (χ3v) is 7.19. The summed E-state index contributed by atoms with van der Waals surface area (Å²) in [4.78, 5) is 1.98. The quantitative estimate of drug-likeness (QED) is 0.281. The molecule has 0 aliphatic carbocycles. The van der Waals surface area contributed by atoms with Gasteiger partial charge < -0.3 is 22.9 Å². The van der Waals surface area contributed by atoms with E-state index in [1.807, 2.05) is 24.3 Å². The number of fused-ring (bicyclic) bond motifs is 2. The highest BCUT2D eigenvalue weighted by Crippen LogP contribution is 2.52. The molecule has 0 radical (unpaired) electrons. The van der Waals surface area contributed by atoms with Crippen LogP contribution in [0.5, 0.6) is 0 Å². The van der Waals surface area contributed by atoms with Gasteiger partial charge in [-0.05, 0) is 21.5 Å².